The molecule has 2 N–H and O–H groups in total. The average Bonchev–Trinajstić information content (AvgIpc) is 2.83. The van der Waals surface area contributed by atoms with Crippen molar-refractivity contribution in [2.45, 2.75) is 51.4 Å². The summed E-state index contributed by atoms with van der Waals surface area (Å²) in [5.41, 5.74) is 4.60. The van der Waals surface area contributed by atoms with Crippen LogP contribution < -0.4 is 5.73 Å². The molecular weight excluding hydrogens is 340 g/mol. The number of nitrogens with zero attached hydrogens (tertiary/aromatic N) is 4. The Labute approximate surface area is 144 Å². The zero-order valence-corrected chi connectivity index (χ0v) is 14.7. The third kappa shape index (κ3) is 4.51. The number of hydrogen-bond acceptors (Lipinski definition) is 5. The minimum atomic E-state index is -1.43. The first-order chi connectivity index (χ1) is 11.2. The van der Waals surface area contributed by atoms with E-state index >= 15 is 0 Å². The van der Waals surface area contributed by atoms with Crippen molar-refractivity contribution in [2.75, 3.05) is 18.9 Å². The zero-order valence-electron chi connectivity index (χ0n) is 14.0. The number of ether oxygens (including phenoxy) is 1. The van der Waals surface area contributed by atoms with Crippen LogP contribution in [0.5, 0.6) is 0 Å². The predicted octanol–water partition coefficient (Wildman–Crippen LogP) is 3.35. The smallest absolute Gasteiger partial charge is 0.238 e. The first-order valence-electron chi connectivity index (χ1n) is 7.77. The fourth-order valence-corrected chi connectivity index (χ4v) is 2.39. The van der Waals surface area contributed by atoms with Crippen LogP contribution in [0.15, 0.2) is 6.20 Å². The summed E-state index contributed by atoms with van der Waals surface area (Å²) in [7, 11) is 0. The minimum Gasteiger partial charge on any atom is -0.378 e. The van der Waals surface area contributed by atoms with Gasteiger partial charge in [-0.3, -0.25) is 0 Å². The fraction of sp³-hybridized carbons (Fsp3) is 0.667. The van der Waals surface area contributed by atoms with Gasteiger partial charge in [0.15, 0.2) is 5.15 Å². The molecule has 0 amide bonds. The van der Waals surface area contributed by atoms with E-state index in [4.69, 9.17) is 22.1 Å². The maximum absolute atomic E-state index is 13.9. The molecule has 3 rings (SSSR count). The summed E-state index contributed by atoms with van der Waals surface area (Å²) in [4.78, 5) is 7.96. The van der Waals surface area contributed by atoms with E-state index in [1.54, 1.807) is 6.92 Å². The molecule has 2 aromatic rings. The standard InChI is InChI=1S/C10H13ClFN5.C5H9FO/c1-5(10(2,3)12)8-15-7(11)6-4-14-9(13)16-17(6)8;6-5-2-1-3-7-4-5/h4-5H,1-3H3,(H2,13,16);5H,1-4H2. The van der Waals surface area contributed by atoms with Gasteiger partial charge in [0.2, 0.25) is 5.95 Å². The summed E-state index contributed by atoms with van der Waals surface area (Å²) in [6.07, 6.45) is 2.37. The number of aromatic nitrogens is 4. The summed E-state index contributed by atoms with van der Waals surface area (Å²) in [6, 6.07) is 0. The number of imidazole rings is 1. The number of rotatable bonds is 2. The molecule has 0 saturated carbocycles. The molecule has 2 atom stereocenters. The summed E-state index contributed by atoms with van der Waals surface area (Å²) >= 11 is 5.95. The van der Waals surface area contributed by atoms with Crippen molar-refractivity contribution in [1.29, 1.82) is 0 Å². The van der Waals surface area contributed by atoms with E-state index in [1.165, 1.54) is 24.6 Å². The first kappa shape index (κ1) is 18.8. The lowest BCUT2D eigenvalue weighted by molar-refractivity contribution is 0.0366. The van der Waals surface area contributed by atoms with Crippen LogP contribution in [0, 0.1) is 0 Å². The van der Waals surface area contributed by atoms with Crippen LogP contribution in [0.2, 0.25) is 5.15 Å². The van der Waals surface area contributed by atoms with Gasteiger partial charge in [0.25, 0.3) is 0 Å². The number of fused-ring (bicyclic) bond motifs is 1. The number of hydrogen-bond donors (Lipinski definition) is 1. The number of anilines is 1. The van der Waals surface area contributed by atoms with E-state index in [9.17, 15) is 8.78 Å². The highest BCUT2D eigenvalue weighted by molar-refractivity contribution is 6.32. The minimum absolute atomic E-state index is 0.0941. The van der Waals surface area contributed by atoms with Gasteiger partial charge in [0, 0.05) is 12.5 Å². The zero-order chi connectivity index (χ0) is 17.9. The Bertz CT molecular complexity index is 682. The van der Waals surface area contributed by atoms with Gasteiger partial charge in [-0.1, -0.05) is 18.5 Å². The molecule has 1 aliphatic heterocycles. The highest BCUT2D eigenvalue weighted by Gasteiger charge is 2.31. The highest BCUT2D eigenvalue weighted by Crippen LogP contribution is 2.32. The van der Waals surface area contributed by atoms with Gasteiger partial charge in [-0.05, 0) is 26.7 Å². The third-order valence-corrected chi connectivity index (χ3v) is 4.19. The van der Waals surface area contributed by atoms with Crippen molar-refractivity contribution in [3.63, 3.8) is 0 Å². The van der Waals surface area contributed by atoms with Gasteiger partial charge >= 0.3 is 0 Å². The molecule has 1 saturated heterocycles. The number of nitrogen functional groups attached to an aromatic ring is 1. The molecular formula is C15H22ClF2N5O. The fourth-order valence-electron chi connectivity index (χ4n) is 2.17. The van der Waals surface area contributed by atoms with E-state index in [0.29, 0.717) is 24.4 Å². The van der Waals surface area contributed by atoms with Crippen LogP contribution in [0.4, 0.5) is 14.7 Å². The largest absolute Gasteiger partial charge is 0.378 e. The SMILES string of the molecule is CC(c1nc(Cl)c2cnc(N)nn12)C(C)(C)F.FC1CCCOC1. The van der Waals surface area contributed by atoms with E-state index < -0.39 is 17.8 Å². The normalized spacial score (nSPS) is 19.7. The van der Waals surface area contributed by atoms with E-state index in [0.717, 1.165) is 13.0 Å². The topological polar surface area (TPSA) is 78.3 Å². The average molecular weight is 362 g/mol. The van der Waals surface area contributed by atoms with Crippen molar-refractivity contribution in [3.8, 4) is 0 Å². The number of alkyl halides is 2. The Morgan fingerprint density at radius 2 is 2.21 bits per heavy atom. The molecule has 1 fully saturated rings. The van der Waals surface area contributed by atoms with Crippen molar-refractivity contribution in [2.24, 2.45) is 0 Å². The second-order valence-corrected chi connectivity index (χ2v) is 6.63. The summed E-state index contributed by atoms with van der Waals surface area (Å²) in [5.74, 6) is 0.0695. The Morgan fingerprint density at radius 3 is 2.71 bits per heavy atom. The molecule has 0 bridgehead atoms. The van der Waals surface area contributed by atoms with Gasteiger partial charge in [-0.25, -0.2) is 23.3 Å². The van der Waals surface area contributed by atoms with Crippen LogP contribution >= 0.6 is 11.6 Å². The van der Waals surface area contributed by atoms with Gasteiger partial charge < -0.3 is 10.5 Å². The van der Waals surface area contributed by atoms with Gasteiger partial charge in [0.1, 0.15) is 23.2 Å². The third-order valence-electron chi connectivity index (χ3n) is 3.91. The van der Waals surface area contributed by atoms with Gasteiger partial charge in [0.05, 0.1) is 12.8 Å². The van der Waals surface area contributed by atoms with E-state index in [1.807, 2.05) is 0 Å². The molecule has 2 aromatic heterocycles. The summed E-state index contributed by atoms with van der Waals surface area (Å²) in [5, 5.41) is 4.25. The predicted molar refractivity (Wildman–Crippen MR) is 88.8 cm³/mol. The maximum Gasteiger partial charge on any atom is 0.238 e. The Balaban J connectivity index is 0.000000249. The van der Waals surface area contributed by atoms with Crippen molar-refractivity contribution in [1.82, 2.24) is 19.6 Å². The van der Waals surface area contributed by atoms with Gasteiger partial charge in [-0.2, -0.15) is 0 Å². The molecule has 134 valence electrons. The molecule has 1 aliphatic rings. The van der Waals surface area contributed by atoms with Crippen molar-refractivity contribution < 1.29 is 13.5 Å². The lowest BCUT2D eigenvalue weighted by Gasteiger charge is -2.21. The Hall–Kier alpha value is -1.54. The molecule has 3 heterocycles. The molecule has 0 radical (unpaired) electrons. The van der Waals surface area contributed by atoms with Crippen molar-refractivity contribution >= 4 is 23.1 Å². The lowest BCUT2D eigenvalue weighted by Crippen LogP contribution is -2.23. The molecule has 24 heavy (non-hydrogen) atoms. The number of halogens is 3. The van der Waals surface area contributed by atoms with Crippen LogP contribution in [0.3, 0.4) is 0 Å². The second-order valence-electron chi connectivity index (χ2n) is 6.27. The van der Waals surface area contributed by atoms with Crippen LogP contribution in [-0.2, 0) is 4.74 Å². The van der Waals surface area contributed by atoms with Gasteiger partial charge in [-0.15, -0.1) is 5.10 Å². The van der Waals surface area contributed by atoms with Crippen LogP contribution in [-0.4, -0.2) is 44.6 Å². The molecule has 2 unspecified atom stereocenters. The first-order valence-corrected chi connectivity index (χ1v) is 8.15. The van der Waals surface area contributed by atoms with E-state index in [-0.39, 0.29) is 11.1 Å². The number of nitrogens with two attached hydrogens (primary N) is 1. The van der Waals surface area contributed by atoms with E-state index in [2.05, 4.69) is 15.1 Å². The Kier molecular flexibility index (Phi) is 5.92. The molecule has 0 aromatic carbocycles. The molecule has 6 nitrogen and oxygen atoms in total. The highest BCUT2D eigenvalue weighted by atomic mass is 35.5. The summed E-state index contributed by atoms with van der Waals surface area (Å²) < 4.78 is 32.2. The maximum atomic E-state index is 13.9. The molecule has 0 aliphatic carbocycles. The van der Waals surface area contributed by atoms with Crippen LogP contribution in [0.25, 0.3) is 5.52 Å². The van der Waals surface area contributed by atoms with Crippen molar-refractivity contribution in [3.05, 3.63) is 17.2 Å². The monoisotopic (exact) mass is 361 g/mol. The quantitative estimate of drug-likeness (QED) is 0.887. The lowest BCUT2D eigenvalue weighted by atomic mass is 9.94. The molecule has 0 spiro atoms. The summed E-state index contributed by atoms with van der Waals surface area (Å²) in [6.45, 7) is 5.76. The molecule has 9 heteroatoms. The Morgan fingerprint density at radius 1 is 1.50 bits per heavy atom. The second kappa shape index (κ2) is 7.57. The van der Waals surface area contributed by atoms with Crippen LogP contribution in [0.1, 0.15) is 45.4 Å².